The van der Waals surface area contributed by atoms with Crippen LogP contribution in [-0.2, 0) is 4.79 Å². The second kappa shape index (κ2) is 6.91. The lowest BCUT2D eigenvalue weighted by Crippen LogP contribution is -2.35. The van der Waals surface area contributed by atoms with Crippen LogP contribution in [0.2, 0.25) is 0 Å². The molecule has 1 aromatic heterocycles. The largest absolute Gasteiger partial charge is 0.495 e. The van der Waals surface area contributed by atoms with Crippen molar-refractivity contribution >= 4 is 23.2 Å². The van der Waals surface area contributed by atoms with Gasteiger partial charge in [-0.1, -0.05) is 12.1 Å². The molecule has 2 N–H and O–H groups in total. The van der Waals surface area contributed by atoms with Crippen LogP contribution in [0.15, 0.2) is 48.4 Å². The number of allylic oxidation sites excluding steroid dienone is 2. The topological polar surface area (TPSA) is 110 Å². The van der Waals surface area contributed by atoms with E-state index in [4.69, 9.17) is 4.74 Å². The van der Waals surface area contributed by atoms with E-state index in [-0.39, 0.29) is 23.6 Å². The Bertz CT molecular complexity index is 892. The Labute approximate surface area is 142 Å². The Morgan fingerprint density at radius 2 is 1.84 bits per heavy atom. The fourth-order valence-electron chi connectivity index (χ4n) is 2.33. The summed E-state index contributed by atoms with van der Waals surface area (Å²) < 4.78 is 5.18. The molecule has 25 heavy (non-hydrogen) atoms. The minimum atomic E-state index is -0.548. The lowest BCUT2D eigenvalue weighted by atomic mass is 10.0. The highest BCUT2D eigenvalue weighted by atomic mass is 16.5. The molecule has 0 atom stereocenters. The lowest BCUT2D eigenvalue weighted by Gasteiger charge is -2.15. The van der Waals surface area contributed by atoms with Crippen LogP contribution >= 0.6 is 0 Å². The Hall–Kier alpha value is -3.55. The van der Waals surface area contributed by atoms with Crippen molar-refractivity contribution in [2.45, 2.75) is 0 Å². The van der Waals surface area contributed by atoms with Crippen molar-refractivity contribution in [3.05, 3.63) is 59.8 Å². The average molecular weight is 338 g/mol. The minimum absolute atomic E-state index is 0.0161. The molecule has 0 bridgehead atoms. The Morgan fingerprint density at radius 1 is 1.12 bits per heavy atom. The van der Waals surface area contributed by atoms with Crippen LogP contribution in [0, 0.1) is 0 Å². The van der Waals surface area contributed by atoms with E-state index in [0.717, 1.165) is 6.08 Å². The van der Waals surface area contributed by atoms with E-state index >= 15 is 0 Å². The molecule has 2 aromatic rings. The molecule has 1 aliphatic carbocycles. The van der Waals surface area contributed by atoms with Gasteiger partial charge in [-0.3, -0.25) is 14.4 Å². The maximum atomic E-state index is 12.3. The SMILES string of the molecule is COc1ccccc1NCC(=O)NC1=CC(=O)c2nccnc2C1=O. The number of nitrogens with one attached hydrogen (secondary N) is 2. The maximum absolute atomic E-state index is 12.3. The van der Waals surface area contributed by atoms with Gasteiger partial charge in [0.2, 0.25) is 17.5 Å². The van der Waals surface area contributed by atoms with E-state index < -0.39 is 17.5 Å². The second-order valence-electron chi connectivity index (χ2n) is 5.11. The standard InChI is InChI=1S/C17H14N4O4/c1-25-13-5-3-2-4-10(13)20-9-14(23)21-11-8-12(22)15-16(17(11)24)19-7-6-18-15/h2-8,20H,9H2,1H3,(H,21,23). The number of aromatic nitrogens is 2. The smallest absolute Gasteiger partial charge is 0.243 e. The number of anilines is 1. The van der Waals surface area contributed by atoms with Crippen molar-refractivity contribution in [2.24, 2.45) is 0 Å². The normalized spacial score (nSPS) is 12.9. The molecule has 3 rings (SSSR count). The summed E-state index contributed by atoms with van der Waals surface area (Å²) in [6.07, 6.45) is 3.71. The molecule has 0 fully saturated rings. The van der Waals surface area contributed by atoms with Crippen molar-refractivity contribution < 1.29 is 19.1 Å². The number of carbonyl (C=O) groups excluding carboxylic acids is 3. The van der Waals surface area contributed by atoms with E-state index in [1.54, 1.807) is 24.3 Å². The third kappa shape index (κ3) is 3.37. The number of Topliss-reactive ketones (excluding diaryl/α,β-unsaturated/α-hetero) is 1. The molecule has 0 unspecified atom stereocenters. The van der Waals surface area contributed by atoms with Gasteiger partial charge in [-0.25, -0.2) is 9.97 Å². The number of carbonyl (C=O) groups is 3. The highest BCUT2D eigenvalue weighted by molar-refractivity contribution is 6.23. The number of benzene rings is 1. The molecule has 1 heterocycles. The molecule has 0 spiro atoms. The van der Waals surface area contributed by atoms with Gasteiger partial charge in [0.1, 0.15) is 17.1 Å². The number of amides is 1. The number of fused-ring (bicyclic) bond motifs is 1. The first-order chi connectivity index (χ1) is 12.1. The van der Waals surface area contributed by atoms with Crippen molar-refractivity contribution in [1.29, 1.82) is 0 Å². The summed E-state index contributed by atoms with van der Waals surface area (Å²) in [6.45, 7) is -0.105. The lowest BCUT2D eigenvalue weighted by molar-refractivity contribution is -0.118. The first kappa shape index (κ1) is 16.3. The van der Waals surface area contributed by atoms with Gasteiger partial charge in [0, 0.05) is 18.5 Å². The molecule has 1 aromatic carbocycles. The second-order valence-corrected chi connectivity index (χ2v) is 5.11. The van der Waals surface area contributed by atoms with Crippen LogP contribution in [0.5, 0.6) is 5.75 Å². The summed E-state index contributed by atoms with van der Waals surface area (Å²) in [4.78, 5) is 44.1. The summed E-state index contributed by atoms with van der Waals surface area (Å²) in [6, 6.07) is 7.11. The first-order valence-electron chi connectivity index (χ1n) is 7.38. The number of para-hydroxylation sites is 2. The molecule has 126 valence electrons. The zero-order valence-corrected chi connectivity index (χ0v) is 13.3. The third-order valence-corrected chi connectivity index (χ3v) is 3.49. The Kier molecular flexibility index (Phi) is 4.51. The summed E-state index contributed by atoms with van der Waals surface area (Å²) in [5.74, 6) is -0.919. The van der Waals surface area contributed by atoms with E-state index in [2.05, 4.69) is 20.6 Å². The molecule has 1 aliphatic rings. The van der Waals surface area contributed by atoms with E-state index in [0.29, 0.717) is 11.4 Å². The van der Waals surface area contributed by atoms with Crippen molar-refractivity contribution in [2.75, 3.05) is 19.0 Å². The molecule has 0 saturated carbocycles. The number of ether oxygens (including phenoxy) is 1. The van der Waals surface area contributed by atoms with Gasteiger partial charge in [-0.05, 0) is 12.1 Å². The summed E-state index contributed by atoms with van der Waals surface area (Å²) in [5.41, 5.74) is 0.432. The van der Waals surface area contributed by atoms with Gasteiger partial charge in [-0.2, -0.15) is 0 Å². The summed E-state index contributed by atoms with van der Waals surface area (Å²) in [7, 11) is 1.52. The van der Waals surface area contributed by atoms with Crippen LogP contribution < -0.4 is 15.4 Å². The molecule has 8 nitrogen and oxygen atoms in total. The van der Waals surface area contributed by atoms with Crippen LogP contribution in [-0.4, -0.2) is 41.1 Å². The van der Waals surface area contributed by atoms with Crippen molar-refractivity contribution in [3.8, 4) is 5.75 Å². The van der Waals surface area contributed by atoms with Crippen molar-refractivity contribution in [1.82, 2.24) is 15.3 Å². The Balaban J connectivity index is 1.68. The molecule has 1 amide bonds. The number of ketones is 2. The van der Waals surface area contributed by atoms with Gasteiger partial charge in [0.15, 0.2) is 0 Å². The first-order valence-corrected chi connectivity index (χ1v) is 7.38. The van der Waals surface area contributed by atoms with E-state index in [1.807, 2.05) is 0 Å². The minimum Gasteiger partial charge on any atom is -0.495 e. The van der Waals surface area contributed by atoms with Gasteiger partial charge in [0.25, 0.3) is 0 Å². The van der Waals surface area contributed by atoms with Crippen molar-refractivity contribution in [3.63, 3.8) is 0 Å². The molecular formula is C17H14N4O4. The molecule has 8 heteroatoms. The average Bonchev–Trinajstić information content (AvgIpc) is 2.64. The third-order valence-electron chi connectivity index (χ3n) is 3.49. The highest BCUT2D eigenvalue weighted by Crippen LogP contribution is 2.22. The van der Waals surface area contributed by atoms with Crippen LogP contribution in [0.4, 0.5) is 5.69 Å². The van der Waals surface area contributed by atoms with E-state index in [1.165, 1.54) is 19.5 Å². The number of methoxy groups -OCH3 is 1. The molecule has 0 aliphatic heterocycles. The summed E-state index contributed by atoms with van der Waals surface area (Å²) >= 11 is 0. The zero-order valence-electron chi connectivity index (χ0n) is 13.3. The highest BCUT2D eigenvalue weighted by Gasteiger charge is 2.28. The fourth-order valence-corrected chi connectivity index (χ4v) is 2.33. The van der Waals surface area contributed by atoms with Crippen LogP contribution in [0.25, 0.3) is 0 Å². The van der Waals surface area contributed by atoms with Crippen LogP contribution in [0.1, 0.15) is 21.0 Å². The summed E-state index contributed by atoms with van der Waals surface area (Å²) in [5, 5.41) is 5.34. The van der Waals surface area contributed by atoms with Gasteiger partial charge in [0.05, 0.1) is 25.0 Å². The quantitative estimate of drug-likeness (QED) is 0.836. The van der Waals surface area contributed by atoms with E-state index in [9.17, 15) is 14.4 Å². The Morgan fingerprint density at radius 3 is 2.60 bits per heavy atom. The molecular weight excluding hydrogens is 324 g/mol. The molecule has 0 radical (unpaired) electrons. The predicted molar refractivity (Wildman–Crippen MR) is 88.4 cm³/mol. The fraction of sp³-hybridized carbons (Fsp3) is 0.118. The predicted octanol–water partition coefficient (Wildman–Crippen LogP) is 0.976. The number of hydrogen-bond donors (Lipinski definition) is 2. The number of hydrogen-bond acceptors (Lipinski definition) is 7. The van der Waals surface area contributed by atoms with Gasteiger partial charge in [-0.15, -0.1) is 0 Å². The monoisotopic (exact) mass is 338 g/mol. The maximum Gasteiger partial charge on any atom is 0.243 e. The van der Waals surface area contributed by atoms with Gasteiger partial charge < -0.3 is 15.4 Å². The van der Waals surface area contributed by atoms with Gasteiger partial charge >= 0.3 is 0 Å². The zero-order chi connectivity index (χ0) is 17.8. The number of nitrogens with zero attached hydrogens (tertiary/aromatic N) is 2. The van der Waals surface area contributed by atoms with Crippen LogP contribution in [0.3, 0.4) is 0 Å². The molecule has 0 saturated heterocycles. The number of rotatable bonds is 5.